The third kappa shape index (κ3) is 1.68. The maximum absolute atomic E-state index is 3.25. The Labute approximate surface area is 75.4 Å². The van der Waals surface area contributed by atoms with E-state index in [-0.39, 0.29) is 0 Å². The van der Waals surface area contributed by atoms with Crippen LogP contribution in [0.2, 0.25) is 0 Å². The first-order valence-electron chi connectivity index (χ1n) is 3.83. The van der Waals surface area contributed by atoms with E-state index in [4.69, 9.17) is 0 Å². The second-order valence-electron chi connectivity index (χ2n) is 2.56. The minimum Gasteiger partial charge on any atom is -0.322 e. The standard InChI is InChI=1S/C9H10N2S/c1-2-5-11(4-1)10-7-9-3-6-12-8-9/h1-6,8,10H,7H2. The van der Waals surface area contributed by atoms with Crippen molar-refractivity contribution in [3.8, 4) is 0 Å². The zero-order valence-corrected chi connectivity index (χ0v) is 7.42. The number of rotatable bonds is 3. The van der Waals surface area contributed by atoms with Crippen LogP contribution in [-0.2, 0) is 6.54 Å². The molecule has 0 aromatic carbocycles. The molecule has 2 heterocycles. The number of aromatic nitrogens is 1. The van der Waals surface area contributed by atoms with E-state index in [9.17, 15) is 0 Å². The van der Waals surface area contributed by atoms with Gasteiger partial charge in [-0.2, -0.15) is 11.3 Å². The molecule has 0 bridgehead atoms. The van der Waals surface area contributed by atoms with Crippen molar-refractivity contribution in [2.24, 2.45) is 0 Å². The molecule has 2 aromatic heterocycles. The summed E-state index contributed by atoms with van der Waals surface area (Å²) in [6.07, 6.45) is 3.98. The Morgan fingerprint density at radius 3 is 2.83 bits per heavy atom. The van der Waals surface area contributed by atoms with E-state index in [1.807, 2.05) is 29.2 Å². The highest BCUT2D eigenvalue weighted by Crippen LogP contribution is 2.05. The number of hydrogen-bond donors (Lipinski definition) is 1. The molecule has 0 unspecified atom stereocenters. The molecule has 0 aliphatic heterocycles. The highest BCUT2D eigenvalue weighted by Gasteiger charge is 1.90. The van der Waals surface area contributed by atoms with Gasteiger partial charge >= 0.3 is 0 Å². The lowest BCUT2D eigenvalue weighted by Crippen LogP contribution is -2.10. The second-order valence-corrected chi connectivity index (χ2v) is 3.34. The number of hydrogen-bond acceptors (Lipinski definition) is 2. The third-order valence-corrected chi connectivity index (χ3v) is 2.38. The van der Waals surface area contributed by atoms with Crippen molar-refractivity contribution < 1.29 is 0 Å². The fourth-order valence-corrected chi connectivity index (χ4v) is 1.68. The minimum atomic E-state index is 0.887. The van der Waals surface area contributed by atoms with Crippen LogP contribution in [0.5, 0.6) is 0 Å². The molecule has 0 radical (unpaired) electrons. The maximum Gasteiger partial charge on any atom is 0.0572 e. The van der Waals surface area contributed by atoms with Crippen molar-refractivity contribution in [2.75, 3.05) is 5.43 Å². The zero-order valence-electron chi connectivity index (χ0n) is 6.60. The lowest BCUT2D eigenvalue weighted by molar-refractivity contribution is 0.849. The summed E-state index contributed by atoms with van der Waals surface area (Å²) in [5.41, 5.74) is 4.58. The first kappa shape index (κ1) is 7.43. The third-order valence-electron chi connectivity index (χ3n) is 1.65. The monoisotopic (exact) mass is 178 g/mol. The van der Waals surface area contributed by atoms with Crippen LogP contribution in [0.3, 0.4) is 0 Å². The van der Waals surface area contributed by atoms with E-state index in [1.165, 1.54) is 5.56 Å². The first-order chi connectivity index (χ1) is 5.95. The quantitative estimate of drug-likeness (QED) is 0.763. The van der Waals surface area contributed by atoms with Gasteiger partial charge in [0.05, 0.1) is 6.54 Å². The van der Waals surface area contributed by atoms with Crippen LogP contribution in [0.25, 0.3) is 0 Å². The lowest BCUT2D eigenvalue weighted by atomic mass is 10.3. The second kappa shape index (κ2) is 3.45. The summed E-state index contributed by atoms with van der Waals surface area (Å²) in [7, 11) is 0. The minimum absolute atomic E-state index is 0.887. The van der Waals surface area contributed by atoms with Gasteiger partial charge in [0.2, 0.25) is 0 Å². The van der Waals surface area contributed by atoms with Crippen molar-refractivity contribution in [3.63, 3.8) is 0 Å². The Kier molecular flexibility index (Phi) is 2.14. The summed E-state index contributed by atoms with van der Waals surface area (Å²) >= 11 is 1.73. The lowest BCUT2D eigenvalue weighted by Gasteiger charge is -2.04. The normalized spacial score (nSPS) is 10.0. The van der Waals surface area contributed by atoms with Gasteiger partial charge in [0.1, 0.15) is 0 Å². The van der Waals surface area contributed by atoms with Gasteiger partial charge in [-0.25, -0.2) is 0 Å². The van der Waals surface area contributed by atoms with Gasteiger partial charge in [-0.3, -0.25) is 4.68 Å². The van der Waals surface area contributed by atoms with Gasteiger partial charge in [0.15, 0.2) is 0 Å². The predicted octanol–water partition coefficient (Wildman–Crippen LogP) is 2.29. The Hall–Kier alpha value is -1.22. The molecule has 3 heteroatoms. The number of nitrogens with one attached hydrogen (secondary N) is 1. The Morgan fingerprint density at radius 1 is 1.33 bits per heavy atom. The van der Waals surface area contributed by atoms with Crippen molar-refractivity contribution >= 4 is 11.3 Å². The molecule has 0 aliphatic carbocycles. The molecule has 0 saturated carbocycles. The summed E-state index contributed by atoms with van der Waals surface area (Å²) in [4.78, 5) is 0. The smallest absolute Gasteiger partial charge is 0.0572 e. The number of thiophene rings is 1. The molecule has 0 fully saturated rings. The van der Waals surface area contributed by atoms with Crippen molar-refractivity contribution in [2.45, 2.75) is 6.54 Å². The van der Waals surface area contributed by atoms with Crippen molar-refractivity contribution in [1.82, 2.24) is 4.68 Å². The Bertz CT molecular complexity index is 276. The SMILES string of the molecule is c1ccn(NCc2ccsc2)c1. The molecule has 2 aromatic rings. The summed E-state index contributed by atoms with van der Waals surface area (Å²) in [6, 6.07) is 6.13. The maximum atomic E-state index is 3.25. The van der Waals surface area contributed by atoms with Gasteiger partial charge in [-0.1, -0.05) is 0 Å². The van der Waals surface area contributed by atoms with Gasteiger partial charge in [-0.05, 0) is 34.5 Å². The number of nitrogens with zero attached hydrogens (tertiary/aromatic N) is 1. The Morgan fingerprint density at radius 2 is 2.17 bits per heavy atom. The predicted molar refractivity (Wildman–Crippen MR) is 51.8 cm³/mol. The van der Waals surface area contributed by atoms with E-state index in [2.05, 4.69) is 22.3 Å². The molecule has 62 valence electrons. The molecule has 0 spiro atoms. The van der Waals surface area contributed by atoms with Gasteiger partial charge in [0.25, 0.3) is 0 Å². The molecule has 1 N–H and O–H groups in total. The van der Waals surface area contributed by atoms with E-state index in [0.29, 0.717) is 0 Å². The van der Waals surface area contributed by atoms with E-state index >= 15 is 0 Å². The highest BCUT2D eigenvalue weighted by molar-refractivity contribution is 7.07. The summed E-state index contributed by atoms with van der Waals surface area (Å²) in [6.45, 7) is 0.887. The molecule has 0 saturated heterocycles. The molecule has 12 heavy (non-hydrogen) atoms. The van der Waals surface area contributed by atoms with Crippen molar-refractivity contribution in [1.29, 1.82) is 0 Å². The summed E-state index contributed by atoms with van der Waals surface area (Å²) in [5.74, 6) is 0. The highest BCUT2D eigenvalue weighted by atomic mass is 32.1. The summed E-state index contributed by atoms with van der Waals surface area (Å²) in [5, 5.41) is 4.24. The van der Waals surface area contributed by atoms with E-state index in [1.54, 1.807) is 11.3 Å². The van der Waals surface area contributed by atoms with Crippen LogP contribution in [0.4, 0.5) is 0 Å². The van der Waals surface area contributed by atoms with E-state index < -0.39 is 0 Å². The van der Waals surface area contributed by atoms with Crippen LogP contribution < -0.4 is 5.43 Å². The van der Waals surface area contributed by atoms with Gasteiger partial charge in [-0.15, -0.1) is 0 Å². The fourth-order valence-electron chi connectivity index (χ4n) is 1.02. The fraction of sp³-hybridized carbons (Fsp3) is 0.111. The Balaban J connectivity index is 1.91. The average Bonchev–Trinajstić information content (AvgIpc) is 2.74. The molecule has 2 rings (SSSR count). The van der Waals surface area contributed by atoms with Crippen LogP contribution >= 0.6 is 11.3 Å². The molecule has 0 atom stereocenters. The molecular formula is C9H10N2S. The molecular weight excluding hydrogens is 168 g/mol. The molecule has 2 nitrogen and oxygen atoms in total. The molecule has 0 amide bonds. The first-order valence-corrected chi connectivity index (χ1v) is 4.77. The average molecular weight is 178 g/mol. The topological polar surface area (TPSA) is 17.0 Å². The summed E-state index contributed by atoms with van der Waals surface area (Å²) < 4.78 is 1.96. The largest absolute Gasteiger partial charge is 0.322 e. The molecule has 0 aliphatic rings. The van der Waals surface area contributed by atoms with E-state index in [0.717, 1.165) is 6.54 Å². The van der Waals surface area contributed by atoms with Gasteiger partial charge < -0.3 is 5.43 Å². The van der Waals surface area contributed by atoms with Gasteiger partial charge in [0, 0.05) is 12.4 Å². The van der Waals surface area contributed by atoms with Crippen LogP contribution in [0.1, 0.15) is 5.56 Å². The van der Waals surface area contributed by atoms with Crippen LogP contribution in [0, 0.1) is 0 Å². The zero-order chi connectivity index (χ0) is 8.23. The van der Waals surface area contributed by atoms with Crippen molar-refractivity contribution in [3.05, 3.63) is 46.9 Å². The van der Waals surface area contributed by atoms with Crippen LogP contribution in [-0.4, -0.2) is 4.68 Å². The van der Waals surface area contributed by atoms with Crippen LogP contribution in [0.15, 0.2) is 41.4 Å².